The topological polar surface area (TPSA) is 27.7 Å². The van der Waals surface area contributed by atoms with E-state index in [0.29, 0.717) is 6.61 Å². The SMILES string of the molecule is CCO[Si](OC)(OC)c1ccccc1CCCS. The van der Waals surface area contributed by atoms with Crippen LogP contribution in [0.5, 0.6) is 0 Å². The maximum Gasteiger partial charge on any atom is 0.536 e. The first-order valence-corrected chi connectivity index (χ1v) is 8.53. The van der Waals surface area contributed by atoms with Crippen LogP contribution in [0.3, 0.4) is 0 Å². The van der Waals surface area contributed by atoms with Crippen LogP contribution in [0.15, 0.2) is 24.3 Å². The van der Waals surface area contributed by atoms with Gasteiger partial charge in [-0.15, -0.1) is 0 Å². The zero-order valence-electron chi connectivity index (χ0n) is 11.3. The smallest absolute Gasteiger partial charge is 0.373 e. The third kappa shape index (κ3) is 3.58. The summed E-state index contributed by atoms with van der Waals surface area (Å²) >= 11 is 4.26. The molecule has 0 aliphatic carbocycles. The molecule has 0 N–H and O–H groups in total. The molecule has 0 bridgehead atoms. The number of hydrogen-bond acceptors (Lipinski definition) is 4. The van der Waals surface area contributed by atoms with Gasteiger partial charge in [-0.05, 0) is 31.1 Å². The van der Waals surface area contributed by atoms with Crippen LogP contribution < -0.4 is 5.19 Å². The summed E-state index contributed by atoms with van der Waals surface area (Å²) in [6, 6.07) is 8.19. The fraction of sp³-hybridized carbons (Fsp3) is 0.538. The molecule has 3 nitrogen and oxygen atoms in total. The lowest BCUT2D eigenvalue weighted by atomic mass is 10.1. The molecule has 0 unspecified atom stereocenters. The lowest BCUT2D eigenvalue weighted by Crippen LogP contribution is -2.56. The Hall–Kier alpha value is -0.333. The summed E-state index contributed by atoms with van der Waals surface area (Å²) in [7, 11) is 0.568. The van der Waals surface area contributed by atoms with Crippen molar-refractivity contribution in [2.75, 3.05) is 26.6 Å². The standard InChI is InChI=1S/C13H22O3SSi/c1-4-16-18(14-2,15-3)13-10-6-5-8-12(13)9-7-11-17/h5-6,8,10,17H,4,7,9,11H2,1-3H3. The molecule has 0 radical (unpaired) electrons. The first-order chi connectivity index (χ1) is 8.74. The Bertz CT molecular complexity index is 356. The number of aryl methyl sites for hydroxylation is 1. The highest BCUT2D eigenvalue weighted by Crippen LogP contribution is 2.13. The van der Waals surface area contributed by atoms with Crippen LogP contribution >= 0.6 is 12.6 Å². The van der Waals surface area contributed by atoms with E-state index in [-0.39, 0.29) is 0 Å². The van der Waals surface area contributed by atoms with Crippen LogP contribution in [0.1, 0.15) is 18.9 Å². The van der Waals surface area contributed by atoms with Crippen molar-refractivity contribution in [3.63, 3.8) is 0 Å². The van der Waals surface area contributed by atoms with E-state index in [4.69, 9.17) is 13.3 Å². The Morgan fingerprint density at radius 1 is 1.17 bits per heavy atom. The maximum atomic E-state index is 5.81. The molecular weight excluding hydrogens is 264 g/mol. The first-order valence-electron chi connectivity index (χ1n) is 6.17. The zero-order chi connectivity index (χ0) is 13.4. The van der Waals surface area contributed by atoms with Crippen molar-refractivity contribution >= 4 is 26.6 Å². The molecule has 1 aromatic rings. The van der Waals surface area contributed by atoms with E-state index in [0.717, 1.165) is 23.8 Å². The van der Waals surface area contributed by atoms with Crippen molar-refractivity contribution in [2.24, 2.45) is 0 Å². The number of thiol groups is 1. The Morgan fingerprint density at radius 2 is 1.83 bits per heavy atom. The quantitative estimate of drug-likeness (QED) is 0.585. The third-order valence-electron chi connectivity index (χ3n) is 2.82. The Morgan fingerprint density at radius 3 is 2.39 bits per heavy atom. The molecule has 1 aromatic carbocycles. The Kier molecular flexibility index (Phi) is 6.96. The van der Waals surface area contributed by atoms with Crippen molar-refractivity contribution in [2.45, 2.75) is 19.8 Å². The minimum atomic E-state index is -2.74. The van der Waals surface area contributed by atoms with Crippen molar-refractivity contribution in [1.82, 2.24) is 0 Å². The van der Waals surface area contributed by atoms with Crippen LogP contribution in [-0.4, -0.2) is 35.4 Å². The lowest BCUT2D eigenvalue weighted by molar-refractivity contribution is 0.119. The number of hydrogen-bond donors (Lipinski definition) is 1. The second-order valence-corrected chi connectivity index (χ2v) is 7.09. The van der Waals surface area contributed by atoms with E-state index in [1.165, 1.54) is 5.56 Å². The van der Waals surface area contributed by atoms with Gasteiger partial charge in [-0.1, -0.05) is 24.3 Å². The lowest BCUT2D eigenvalue weighted by Gasteiger charge is -2.27. The van der Waals surface area contributed by atoms with Gasteiger partial charge in [-0.2, -0.15) is 12.6 Å². The van der Waals surface area contributed by atoms with E-state index in [1.807, 2.05) is 25.1 Å². The molecule has 102 valence electrons. The molecule has 0 saturated heterocycles. The summed E-state index contributed by atoms with van der Waals surface area (Å²) in [6.45, 7) is 2.53. The van der Waals surface area contributed by atoms with Gasteiger partial charge in [-0.3, -0.25) is 0 Å². The van der Waals surface area contributed by atoms with Crippen LogP contribution in [-0.2, 0) is 19.7 Å². The predicted molar refractivity (Wildman–Crippen MR) is 79.6 cm³/mol. The maximum absolute atomic E-state index is 5.81. The minimum Gasteiger partial charge on any atom is -0.373 e. The molecule has 0 aliphatic heterocycles. The summed E-state index contributed by atoms with van der Waals surface area (Å²) in [5.74, 6) is 0.873. The van der Waals surface area contributed by atoms with Gasteiger partial charge in [0.1, 0.15) is 0 Å². The second kappa shape index (κ2) is 7.96. The largest absolute Gasteiger partial charge is 0.536 e. The monoisotopic (exact) mass is 286 g/mol. The van der Waals surface area contributed by atoms with E-state index in [2.05, 4.69) is 18.7 Å². The molecule has 0 heterocycles. The highest BCUT2D eigenvalue weighted by Gasteiger charge is 2.42. The normalized spacial score (nSPS) is 11.8. The van der Waals surface area contributed by atoms with Crippen molar-refractivity contribution in [3.8, 4) is 0 Å². The number of rotatable bonds is 8. The molecule has 5 heteroatoms. The molecule has 0 fully saturated rings. The summed E-state index contributed by atoms with van der Waals surface area (Å²) < 4.78 is 17.0. The molecule has 18 heavy (non-hydrogen) atoms. The Balaban J connectivity index is 3.10. The summed E-state index contributed by atoms with van der Waals surface area (Å²) in [6.07, 6.45) is 2.00. The highest BCUT2D eigenvalue weighted by atomic mass is 32.1. The van der Waals surface area contributed by atoms with E-state index < -0.39 is 8.80 Å². The third-order valence-corrected chi connectivity index (χ3v) is 6.03. The van der Waals surface area contributed by atoms with Gasteiger partial charge in [-0.25, -0.2) is 0 Å². The average molecular weight is 286 g/mol. The van der Waals surface area contributed by atoms with Crippen molar-refractivity contribution in [3.05, 3.63) is 29.8 Å². The van der Waals surface area contributed by atoms with Crippen molar-refractivity contribution in [1.29, 1.82) is 0 Å². The fourth-order valence-corrected chi connectivity index (χ4v) is 4.43. The van der Waals surface area contributed by atoms with Crippen molar-refractivity contribution < 1.29 is 13.3 Å². The number of benzene rings is 1. The molecule has 0 aliphatic rings. The van der Waals surface area contributed by atoms with Gasteiger partial charge in [0.2, 0.25) is 0 Å². The highest BCUT2D eigenvalue weighted by molar-refractivity contribution is 7.80. The zero-order valence-corrected chi connectivity index (χ0v) is 13.2. The summed E-state index contributed by atoms with van der Waals surface area (Å²) in [4.78, 5) is 0. The molecule has 0 atom stereocenters. The average Bonchev–Trinajstić information content (AvgIpc) is 2.43. The van der Waals surface area contributed by atoms with Gasteiger partial charge < -0.3 is 13.3 Å². The van der Waals surface area contributed by atoms with Crippen LogP contribution in [0.2, 0.25) is 0 Å². The molecule has 0 amide bonds. The molecule has 1 rings (SSSR count). The van der Waals surface area contributed by atoms with E-state index in [1.54, 1.807) is 14.2 Å². The minimum absolute atomic E-state index is 0.578. The molecule has 0 aromatic heterocycles. The fourth-order valence-electron chi connectivity index (χ4n) is 2.00. The van der Waals surface area contributed by atoms with Crippen LogP contribution in [0.25, 0.3) is 0 Å². The predicted octanol–water partition coefficient (Wildman–Crippen LogP) is 2.02. The van der Waals surface area contributed by atoms with Crippen LogP contribution in [0.4, 0.5) is 0 Å². The Labute approximate surface area is 116 Å². The van der Waals surface area contributed by atoms with E-state index in [9.17, 15) is 0 Å². The molecule has 0 spiro atoms. The van der Waals surface area contributed by atoms with Gasteiger partial charge in [0.25, 0.3) is 0 Å². The van der Waals surface area contributed by atoms with E-state index >= 15 is 0 Å². The van der Waals surface area contributed by atoms with Gasteiger partial charge in [0, 0.05) is 26.0 Å². The first kappa shape index (κ1) is 15.7. The van der Waals surface area contributed by atoms with Gasteiger partial charge in [0.05, 0.1) is 0 Å². The van der Waals surface area contributed by atoms with Gasteiger partial charge >= 0.3 is 8.80 Å². The summed E-state index contributed by atoms with van der Waals surface area (Å²) in [5.41, 5.74) is 1.23. The summed E-state index contributed by atoms with van der Waals surface area (Å²) in [5, 5.41) is 1.07. The second-order valence-electron chi connectivity index (χ2n) is 3.88. The molecular formula is C13H22O3SSi. The molecule has 0 saturated carbocycles. The van der Waals surface area contributed by atoms with Crippen LogP contribution in [0, 0.1) is 0 Å². The van der Waals surface area contributed by atoms with Gasteiger partial charge in [0.15, 0.2) is 0 Å².